The second-order valence-corrected chi connectivity index (χ2v) is 2.99. The maximum absolute atomic E-state index is 4.19. The molecule has 1 fully saturated rings. The molecular formula is C8H15N3. The summed E-state index contributed by atoms with van der Waals surface area (Å²) in [4.78, 5) is 10.2. The molecule has 0 aromatic carbocycles. The quantitative estimate of drug-likeness (QED) is 0.514. The molecule has 62 valence electrons. The van der Waals surface area contributed by atoms with Gasteiger partial charge in [-0.3, -0.25) is 0 Å². The number of likely N-dealkylation sites (tertiary alicyclic amines) is 1. The molecule has 11 heavy (non-hydrogen) atoms. The Morgan fingerprint density at radius 2 is 2.00 bits per heavy atom. The molecule has 0 aromatic rings. The van der Waals surface area contributed by atoms with E-state index in [0.29, 0.717) is 6.04 Å². The van der Waals surface area contributed by atoms with Crippen LogP contribution < -0.4 is 0 Å². The summed E-state index contributed by atoms with van der Waals surface area (Å²) < 4.78 is 0. The van der Waals surface area contributed by atoms with E-state index in [1.807, 2.05) is 0 Å². The van der Waals surface area contributed by atoms with E-state index in [0.717, 1.165) is 25.9 Å². The molecule has 0 atom stereocenters. The summed E-state index contributed by atoms with van der Waals surface area (Å²) in [5.41, 5.74) is 0. The molecule has 0 aromatic heterocycles. The van der Waals surface area contributed by atoms with Gasteiger partial charge in [0.2, 0.25) is 0 Å². The van der Waals surface area contributed by atoms with E-state index >= 15 is 0 Å². The van der Waals surface area contributed by atoms with E-state index in [-0.39, 0.29) is 0 Å². The van der Waals surface area contributed by atoms with Gasteiger partial charge in [0.15, 0.2) is 0 Å². The summed E-state index contributed by atoms with van der Waals surface area (Å²) in [5.74, 6) is 0. The van der Waals surface area contributed by atoms with Gasteiger partial charge in [-0.05, 0) is 33.0 Å². The highest BCUT2D eigenvalue weighted by Gasteiger charge is 2.14. The third-order valence-corrected chi connectivity index (χ3v) is 2.03. The largest absolute Gasteiger partial charge is 0.306 e. The van der Waals surface area contributed by atoms with Gasteiger partial charge in [0.25, 0.3) is 0 Å². The first-order valence-corrected chi connectivity index (χ1v) is 4.05. The Morgan fingerprint density at radius 1 is 1.36 bits per heavy atom. The molecule has 0 amide bonds. The van der Waals surface area contributed by atoms with Crippen LogP contribution in [0.15, 0.2) is 9.98 Å². The van der Waals surface area contributed by atoms with Gasteiger partial charge in [0, 0.05) is 7.05 Å². The molecule has 1 rings (SSSR count). The number of nitrogens with zero attached hydrogens (tertiary/aromatic N) is 3. The fraction of sp³-hybridized carbons (Fsp3) is 0.875. The first-order valence-electron chi connectivity index (χ1n) is 4.05. The van der Waals surface area contributed by atoms with Crippen LogP contribution in [0, 0.1) is 0 Å². The first kappa shape index (κ1) is 8.44. The second-order valence-electron chi connectivity index (χ2n) is 2.99. The predicted molar refractivity (Wildman–Crippen MR) is 46.3 cm³/mol. The zero-order chi connectivity index (χ0) is 8.10. The summed E-state index contributed by atoms with van der Waals surface area (Å²) in [7, 11) is 3.85. The predicted octanol–water partition coefficient (Wildman–Crippen LogP) is 0.884. The molecule has 1 heterocycles. The van der Waals surface area contributed by atoms with Crippen LogP contribution in [-0.2, 0) is 0 Å². The fourth-order valence-corrected chi connectivity index (χ4v) is 1.26. The molecule has 0 saturated carbocycles. The van der Waals surface area contributed by atoms with Crippen LogP contribution >= 0.6 is 0 Å². The molecular weight excluding hydrogens is 138 g/mol. The molecule has 0 bridgehead atoms. The monoisotopic (exact) mass is 153 g/mol. The molecule has 0 unspecified atom stereocenters. The van der Waals surface area contributed by atoms with E-state index < -0.39 is 0 Å². The van der Waals surface area contributed by atoms with Crippen LogP contribution in [0.5, 0.6) is 0 Å². The Labute approximate surface area is 67.8 Å². The summed E-state index contributed by atoms with van der Waals surface area (Å²) in [5, 5.41) is 0. The fourth-order valence-electron chi connectivity index (χ4n) is 1.26. The average Bonchev–Trinajstić information content (AvgIpc) is 2.04. The summed E-state index contributed by atoms with van der Waals surface area (Å²) in [6.45, 7) is 2.30. The zero-order valence-electron chi connectivity index (χ0n) is 7.25. The van der Waals surface area contributed by atoms with Crippen molar-refractivity contribution in [1.82, 2.24) is 4.90 Å². The number of aliphatic imine (C=N–C) groups is 2. The Balaban J connectivity index is 2.33. The minimum atomic E-state index is 0.468. The Morgan fingerprint density at radius 3 is 2.55 bits per heavy atom. The van der Waals surface area contributed by atoms with Crippen molar-refractivity contribution in [2.45, 2.75) is 18.9 Å². The number of hydrogen-bond acceptors (Lipinski definition) is 3. The van der Waals surface area contributed by atoms with Crippen molar-refractivity contribution in [2.75, 3.05) is 27.2 Å². The van der Waals surface area contributed by atoms with E-state index in [1.54, 1.807) is 7.05 Å². The van der Waals surface area contributed by atoms with Crippen LogP contribution in [0.1, 0.15) is 12.8 Å². The lowest BCUT2D eigenvalue weighted by Crippen LogP contribution is -2.31. The molecule has 1 aliphatic heterocycles. The highest BCUT2D eigenvalue weighted by atomic mass is 15.1. The van der Waals surface area contributed by atoms with Gasteiger partial charge in [-0.25, -0.2) is 9.98 Å². The lowest BCUT2D eigenvalue weighted by atomic mass is 10.1. The SMILES string of the molecule is CN=C=NC1CCN(C)CC1. The van der Waals surface area contributed by atoms with Crippen LogP contribution in [0.25, 0.3) is 0 Å². The van der Waals surface area contributed by atoms with Crippen LogP contribution in [0.4, 0.5) is 0 Å². The summed E-state index contributed by atoms with van der Waals surface area (Å²) in [6.07, 6.45) is 2.30. The normalized spacial score (nSPS) is 20.9. The highest BCUT2D eigenvalue weighted by molar-refractivity contribution is 5.41. The molecule has 1 saturated heterocycles. The van der Waals surface area contributed by atoms with E-state index in [2.05, 4.69) is 27.9 Å². The topological polar surface area (TPSA) is 28.0 Å². The van der Waals surface area contributed by atoms with Crippen molar-refractivity contribution < 1.29 is 0 Å². The van der Waals surface area contributed by atoms with E-state index in [9.17, 15) is 0 Å². The van der Waals surface area contributed by atoms with Crippen molar-refractivity contribution in [2.24, 2.45) is 9.98 Å². The number of rotatable bonds is 1. The van der Waals surface area contributed by atoms with E-state index in [1.165, 1.54) is 0 Å². The van der Waals surface area contributed by atoms with Gasteiger partial charge < -0.3 is 4.90 Å². The minimum Gasteiger partial charge on any atom is -0.306 e. The highest BCUT2D eigenvalue weighted by Crippen LogP contribution is 2.10. The van der Waals surface area contributed by atoms with Crippen molar-refractivity contribution in [3.63, 3.8) is 0 Å². The second kappa shape index (κ2) is 4.27. The molecule has 0 spiro atoms. The Kier molecular flexibility index (Phi) is 3.27. The van der Waals surface area contributed by atoms with Gasteiger partial charge in [0.1, 0.15) is 0 Å². The molecule has 3 heteroatoms. The van der Waals surface area contributed by atoms with Gasteiger partial charge in [-0.2, -0.15) is 0 Å². The van der Waals surface area contributed by atoms with Crippen LogP contribution in [0.3, 0.4) is 0 Å². The standard InChI is InChI=1S/C8H15N3/c1-9-7-10-8-3-5-11(2)6-4-8/h8H,3-6H2,1-2H3. The van der Waals surface area contributed by atoms with Crippen LogP contribution in [-0.4, -0.2) is 44.1 Å². The first-order chi connectivity index (χ1) is 5.33. The third kappa shape index (κ3) is 2.83. The summed E-state index contributed by atoms with van der Waals surface area (Å²) >= 11 is 0. The molecule has 1 aliphatic rings. The molecule has 0 N–H and O–H groups in total. The number of hydrogen-bond donors (Lipinski definition) is 0. The van der Waals surface area contributed by atoms with Crippen molar-refractivity contribution >= 4 is 6.01 Å². The van der Waals surface area contributed by atoms with Crippen LogP contribution in [0.2, 0.25) is 0 Å². The lowest BCUT2D eigenvalue weighted by molar-refractivity contribution is 0.257. The van der Waals surface area contributed by atoms with E-state index in [4.69, 9.17) is 0 Å². The zero-order valence-corrected chi connectivity index (χ0v) is 7.25. The maximum atomic E-state index is 4.19. The van der Waals surface area contributed by atoms with Gasteiger partial charge >= 0.3 is 0 Å². The minimum absolute atomic E-state index is 0.468. The third-order valence-electron chi connectivity index (χ3n) is 2.03. The molecule has 0 aliphatic carbocycles. The van der Waals surface area contributed by atoms with Gasteiger partial charge in [0.05, 0.1) is 12.1 Å². The maximum Gasteiger partial charge on any atom is 0.0892 e. The van der Waals surface area contributed by atoms with Crippen molar-refractivity contribution in [1.29, 1.82) is 0 Å². The van der Waals surface area contributed by atoms with Gasteiger partial charge in [-0.15, -0.1) is 0 Å². The Bertz CT molecular complexity index is 162. The average molecular weight is 153 g/mol. The molecule has 0 radical (unpaired) electrons. The summed E-state index contributed by atoms with van der Waals surface area (Å²) in [6, 6.07) is 3.13. The smallest absolute Gasteiger partial charge is 0.0892 e. The van der Waals surface area contributed by atoms with Gasteiger partial charge in [-0.1, -0.05) is 0 Å². The lowest BCUT2D eigenvalue weighted by Gasteiger charge is -2.25. The molecule has 3 nitrogen and oxygen atoms in total. The number of piperidine rings is 1. The van der Waals surface area contributed by atoms with Crippen molar-refractivity contribution in [3.05, 3.63) is 0 Å². The Hall–Kier alpha value is -0.660. The van der Waals surface area contributed by atoms with Crippen molar-refractivity contribution in [3.8, 4) is 0 Å².